The van der Waals surface area contributed by atoms with Crippen LogP contribution in [0.3, 0.4) is 0 Å². The van der Waals surface area contributed by atoms with Crippen molar-refractivity contribution < 1.29 is 9.53 Å². The SMILES string of the molecule is COc1ccccc1CNC(=O)C(C)CCCC(C)N. The number of para-hydroxylation sites is 1. The summed E-state index contributed by atoms with van der Waals surface area (Å²) in [5.74, 6) is 0.904. The Morgan fingerprint density at radius 1 is 1.30 bits per heavy atom. The Labute approximate surface area is 121 Å². The lowest BCUT2D eigenvalue weighted by Crippen LogP contribution is -2.29. The van der Waals surface area contributed by atoms with E-state index in [9.17, 15) is 4.79 Å². The molecule has 1 aromatic carbocycles. The van der Waals surface area contributed by atoms with Gasteiger partial charge in [-0.15, -0.1) is 0 Å². The molecule has 0 saturated heterocycles. The number of carbonyl (C=O) groups excluding carboxylic acids is 1. The Balaban J connectivity index is 2.38. The van der Waals surface area contributed by atoms with E-state index in [0.29, 0.717) is 6.54 Å². The molecule has 0 aliphatic rings. The first kappa shape index (κ1) is 16.5. The molecule has 0 saturated carbocycles. The molecule has 4 nitrogen and oxygen atoms in total. The van der Waals surface area contributed by atoms with Gasteiger partial charge in [0.2, 0.25) is 5.91 Å². The maximum absolute atomic E-state index is 12.0. The summed E-state index contributed by atoms with van der Waals surface area (Å²) in [5, 5.41) is 2.96. The normalized spacial score (nSPS) is 13.6. The van der Waals surface area contributed by atoms with Gasteiger partial charge in [0.1, 0.15) is 5.75 Å². The van der Waals surface area contributed by atoms with Crippen LogP contribution in [0.1, 0.15) is 38.7 Å². The van der Waals surface area contributed by atoms with Gasteiger partial charge in [-0.1, -0.05) is 31.5 Å². The van der Waals surface area contributed by atoms with Crippen molar-refractivity contribution in [2.45, 2.75) is 45.7 Å². The minimum Gasteiger partial charge on any atom is -0.496 e. The van der Waals surface area contributed by atoms with Crippen LogP contribution in [-0.4, -0.2) is 19.1 Å². The average molecular weight is 278 g/mol. The molecule has 20 heavy (non-hydrogen) atoms. The van der Waals surface area contributed by atoms with E-state index in [0.717, 1.165) is 30.6 Å². The minimum atomic E-state index is 0.0171. The van der Waals surface area contributed by atoms with E-state index >= 15 is 0 Å². The second kappa shape index (κ2) is 8.59. The molecule has 0 aliphatic heterocycles. The van der Waals surface area contributed by atoms with Gasteiger partial charge < -0.3 is 15.8 Å². The number of rotatable bonds is 8. The maximum Gasteiger partial charge on any atom is 0.223 e. The van der Waals surface area contributed by atoms with Crippen LogP contribution in [-0.2, 0) is 11.3 Å². The number of hydrogen-bond donors (Lipinski definition) is 2. The largest absolute Gasteiger partial charge is 0.496 e. The number of ether oxygens (including phenoxy) is 1. The van der Waals surface area contributed by atoms with Gasteiger partial charge in [-0.3, -0.25) is 4.79 Å². The molecule has 1 aromatic rings. The fourth-order valence-corrected chi connectivity index (χ4v) is 2.08. The van der Waals surface area contributed by atoms with Crippen molar-refractivity contribution in [3.05, 3.63) is 29.8 Å². The molecule has 1 amide bonds. The first-order chi connectivity index (χ1) is 9.54. The zero-order valence-corrected chi connectivity index (χ0v) is 12.7. The molecule has 0 aliphatic carbocycles. The van der Waals surface area contributed by atoms with Gasteiger partial charge in [-0.05, 0) is 25.8 Å². The van der Waals surface area contributed by atoms with Gasteiger partial charge in [-0.25, -0.2) is 0 Å². The van der Waals surface area contributed by atoms with Crippen LogP contribution >= 0.6 is 0 Å². The third kappa shape index (κ3) is 5.61. The van der Waals surface area contributed by atoms with Crippen molar-refractivity contribution in [2.75, 3.05) is 7.11 Å². The molecule has 2 unspecified atom stereocenters. The standard InChI is InChI=1S/C16H26N2O2/c1-12(7-6-8-13(2)17)16(19)18-11-14-9-4-5-10-15(14)20-3/h4-5,9-10,12-13H,6-8,11,17H2,1-3H3,(H,18,19). The summed E-state index contributed by atoms with van der Waals surface area (Å²) in [4.78, 5) is 12.0. The Kier molecular flexibility index (Phi) is 7.09. The van der Waals surface area contributed by atoms with Gasteiger partial charge in [0.15, 0.2) is 0 Å². The first-order valence-corrected chi connectivity index (χ1v) is 7.19. The first-order valence-electron chi connectivity index (χ1n) is 7.19. The van der Waals surface area contributed by atoms with Gasteiger partial charge >= 0.3 is 0 Å². The average Bonchev–Trinajstić information content (AvgIpc) is 2.44. The smallest absolute Gasteiger partial charge is 0.223 e. The van der Waals surface area contributed by atoms with E-state index in [2.05, 4.69) is 5.32 Å². The Morgan fingerprint density at radius 3 is 2.65 bits per heavy atom. The second-order valence-electron chi connectivity index (χ2n) is 5.34. The monoisotopic (exact) mass is 278 g/mol. The fraction of sp³-hybridized carbons (Fsp3) is 0.562. The molecular formula is C16H26N2O2. The van der Waals surface area contributed by atoms with Crippen LogP contribution in [0.15, 0.2) is 24.3 Å². The van der Waals surface area contributed by atoms with E-state index in [1.165, 1.54) is 0 Å². The van der Waals surface area contributed by atoms with Crippen molar-refractivity contribution in [2.24, 2.45) is 11.7 Å². The van der Waals surface area contributed by atoms with E-state index in [1.54, 1.807) is 7.11 Å². The lowest BCUT2D eigenvalue weighted by atomic mass is 10.0. The summed E-state index contributed by atoms with van der Waals surface area (Å²) < 4.78 is 5.26. The van der Waals surface area contributed by atoms with E-state index in [-0.39, 0.29) is 17.9 Å². The zero-order valence-electron chi connectivity index (χ0n) is 12.7. The van der Waals surface area contributed by atoms with Crippen LogP contribution in [0, 0.1) is 5.92 Å². The highest BCUT2D eigenvalue weighted by Gasteiger charge is 2.13. The van der Waals surface area contributed by atoms with Gasteiger partial charge in [-0.2, -0.15) is 0 Å². The molecule has 0 heterocycles. The summed E-state index contributed by atoms with van der Waals surface area (Å²) in [5.41, 5.74) is 6.70. The number of methoxy groups -OCH3 is 1. The van der Waals surface area contributed by atoms with Gasteiger partial charge in [0.25, 0.3) is 0 Å². The fourth-order valence-electron chi connectivity index (χ4n) is 2.08. The van der Waals surface area contributed by atoms with Crippen molar-refractivity contribution in [1.82, 2.24) is 5.32 Å². The molecule has 0 spiro atoms. The van der Waals surface area contributed by atoms with Crippen LogP contribution in [0.2, 0.25) is 0 Å². The number of benzene rings is 1. The molecule has 0 fully saturated rings. The van der Waals surface area contributed by atoms with E-state index < -0.39 is 0 Å². The summed E-state index contributed by atoms with van der Waals surface area (Å²) >= 11 is 0. The van der Waals surface area contributed by atoms with Crippen molar-refractivity contribution in [3.63, 3.8) is 0 Å². The van der Waals surface area contributed by atoms with Gasteiger partial charge in [0, 0.05) is 24.1 Å². The van der Waals surface area contributed by atoms with E-state index in [4.69, 9.17) is 10.5 Å². The van der Waals surface area contributed by atoms with Crippen LogP contribution < -0.4 is 15.8 Å². The highest BCUT2D eigenvalue weighted by Crippen LogP contribution is 2.17. The molecule has 112 valence electrons. The van der Waals surface area contributed by atoms with Crippen molar-refractivity contribution in [3.8, 4) is 5.75 Å². The Bertz CT molecular complexity index is 419. The van der Waals surface area contributed by atoms with Gasteiger partial charge in [0.05, 0.1) is 7.11 Å². The minimum absolute atomic E-state index is 0.0171. The summed E-state index contributed by atoms with van der Waals surface area (Å²) in [7, 11) is 1.64. The molecule has 0 bridgehead atoms. The highest BCUT2D eigenvalue weighted by atomic mass is 16.5. The number of nitrogens with one attached hydrogen (secondary N) is 1. The Hall–Kier alpha value is -1.55. The summed E-state index contributed by atoms with van der Waals surface area (Å²) in [6.45, 7) is 4.45. The number of nitrogens with two attached hydrogens (primary N) is 1. The predicted octanol–water partition coefficient (Wildman–Crippen LogP) is 2.46. The quantitative estimate of drug-likeness (QED) is 0.767. The molecular weight excluding hydrogens is 252 g/mol. The van der Waals surface area contributed by atoms with E-state index in [1.807, 2.05) is 38.1 Å². The molecule has 2 atom stereocenters. The lowest BCUT2D eigenvalue weighted by Gasteiger charge is -2.14. The zero-order chi connectivity index (χ0) is 15.0. The maximum atomic E-state index is 12.0. The van der Waals surface area contributed by atoms with Crippen molar-refractivity contribution in [1.29, 1.82) is 0 Å². The molecule has 4 heteroatoms. The van der Waals surface area contributed by atoms with Crippen LogP contribution in [0.4, 0.5) is 0 Å². The Morgan fingerprint density at radius 2 is 2.00 bits per heavy atom. The van der Waals surface area contributed by atoms with Crippen molar-refractivity contribution >= 4 is 5.91 Å². The number of amides is 1. The third-order valence-corrected chi connectivity index (χ3v) is 3.39. The third-order valence-electron chi connectivity index (χ3n) is 3.39. The predicted molar refractivity (Wildman–Crippen MR) is 81.5 cm³/mol. The second-order valence-corrected chi connectivity index (χ2v) is 5.34. The summed E-state index contributed by atoms with van der Waals surface area (Å²) in [6.07, 6.45) is 2.82. The molecule has 1 rings (SSSR count). The summed E-state index contributed by atoms with van der Waals surface area (Å²) in [6, 6.07) is 7.92. The van der Waals surface area contributed by atoms with Crippen LogP contribution in [0.25, 0.3) is 0 Å². The molecule has 0 aromatic heterocycles. The number of carbonyl (C=O) groups is 1. The lowest BCUT2D eigenvalue weighted by molar-refractivity contribution is -0.124. The topological polar surface area (TPSA) is 64.3 Å². The highest BCUT2D eigenvalue weighted by molar-refractivity contribution is 5.78. The molecule has 3 N–H and O–H groups in total. The molecule has 0 radical (unpaired) electrons. The van der Waals surface area contributed by atoms with Crippen LogP contribution in [0.5, 0.6) is 5.75 Å². The number of hydrogen-bond acceptors (Lipinski definition) is 3.